The first-order valence-corrected chi connectivity index (χ1v) is 7.32. The molecule has 1 fully saturated rings. The first-order valence-electron chi connectivity index (χ1n) is 5.79. The zero-order valence-electron chi connectivity index (χ0n) is 10.7. The zero-order chi connectivity index (χ0) is 16.7. The number of anilines is 1. The maximum absolute atomic E-state index is 14.6. The van der Waals surface area contributed by atoms with Crippen molar-refractivity contribution >= 4 is 13.6 Å². The number of hydrogen-bond donors (Lipinski definition) is 4. The van der Waals surface area contributed by atoms with E-state index >= 15 is 0 Å². The van der Waals surface area contributed by atoms with Gasteiger partial charge in [0.05, 0.1) is 6.61 Å². The minimum atomic E-state index is -4.93. The highest BCUT2D eigenvalue weighted by atomic mass is 31.2. The van der Waals surface area contributed by atoms with Crippen LogP contribution < -0.4 is 11.4 Å². The summed E-state index contributed by atoms with van der Waals surface area (Å²) >= 11 is 0. The average Bonchev–Trinajstić information content (AvgIpc) is 2.61. The van der Waals surface area contributed by atoms with Gasteiger partial charge in [0.15, 0.2) is 0 Å². The summed E-state index contributed by atoms with van der Waals surface area (Å²) in [6.45, 7) is -0.991. The van der Waals surface area contributed by atoms with E-state index in [1.54, 1.807) is 0 Å². The van der Waals surface area contributed by atoms with E-state index < -0.39 is 44.5 Å². The van der Waals surface area contributed by atoms with Crippen LogP contribution in [0.1, 0.15) is 0 Å². The van der Waals surface area contributed by atoms with Crippen molar-refractivity contribution in [1.82, 2.24) is 9.55 Å². The van der Waals surface area contributed by atoms with E-state index in [0.29, 0.717) is 0 Å². The standard InChI is InChI=1S/C9H12F2N3O7P/c10-7-6(15)4(3-20-22(17,18)19)21-9(7,11)14-2-1-5(12)13-8(14)16/h1-2,4,6-7,15H,3H2,(H2,12,13,16)(H2,17,18,19)/t4-,6-,7-,9+/m1/s1. The third-order valence-electron chi connectivity index (χ3n) is 2.90. The Morgan fingerprint density at radius 1 is 1.59 bits per heavy atom. The molecule has 4 atom stereocenters. The highest BCUT2D eigenvalue weighted by molar-refractivity contribution is 7.46. The molecule has 13 heteroatoms. The molecule has 0 radical (unpaired) electrons. The molecule has 0 aliphatic carbocycles. The Balaban J connectivity index is 2.28. The maximum Gasteiger partial charge on any atom is 0.469 e. The second kappa shape index (κ2) is 5.65. The average molecular weight is 343 g/mol. The van der Waals surface area contributed by atoms with E-state index in [0.717, 1.165) is 12.3 Å². The lowest BCUT2D eigenvalue weighted by molar-refractivity contribution is -0.226. The molecule has 10 nitrogen and oxygen atoms in total. The van der Waals surface area contributed by atoms with Crippen LogP contribution in [0.15, 0.2) is 17.1 Å². The fourth-order valence-electron chi connectivity index (χ4n) is 1.89. The van der Waals surface area contributed by atoms with Crippen molar-refractivity contribution in [3.8, 4) is 0 Å². The largest absolute Gasteiger partial charge is 0.469 e. The van der Waals surface area contributed by atoms with E-state index in [1.807, 2.05) is 0 Å². The van der Waals surface area contributed by atoms with E-state index in [9.17, 15) is 23.2 Å². The molecule has 5 N–H and O–H groups in total. The normalized spacial score (nSPS) is 32.3. The van der Waals surface area contributed by atoms with Crippen LogP contribution in [0.5, 0.6) is 0 Å². The van der Waals surface area contributed by atoms with E-state index in [-0.39, 0.29) is 10.4 Å². The van der Waals surface area contributed by atoms with Gasteiger partial charge in [0, 0.05) is 6.20 Å². The molecule has 2 heterocycles. The van der Waals surface area contributed by atoms with Crippen LogP contribution in [0.4, 0.5) is 14.6 Å². The van der Waals surface area contributed by atoms with Gasteiger partial charge in [0.2, 0.25) is 6.17 Å². The summed E-state index contributed by atoms with van der Waals surface area (Å²) in [5.74, 6) is -3.65. The minimum absolute atomic E-state index is 0.134. The van der Waals surface area contributed by atoms with E-state index in [4.69, 9.17) is 15.5 Å². The van der Waals surface area contributed by atoms with Crippen LogP contribution >= 0.6 is 7.82 Å². The van der Waals surface area contributed by atoms with Gasteiger partial charge in [-0.3, -0.25) is 4.52 Å². The number of aromatic nitrogens is 2. The summed E-state index contributed by atoms with van der Waals surface area (Å²) in [6.07, 6.45) is -5.82. The smallest absolute Gasteiger partial charge is 0.387 e. The lowest BCUT2D eigenvalue weighted by Crippen LogP contribution is -2.45. The van der Waals surface area contributed by atoms with Crippen molar-refractivity contribution in [3.05, 3.63) is 22.7 Å². The number of phosphoric ester groups is 1. The lowest BCUT2D eigenvalue weighted by atomic mass is 10.1. The molecule has 0 unspecified atom stereocenters. The first kappa shape index (κ1) is 16.9. The van der Waals surface area contributed by atoms with Crippen LogP contribution in [0.25, 0.3) is 0 Å². The van der Waals surface area contributed by atoms with Crippen LogP contribution in [0.3, 0.4) is 0 Å². The maximum atomic E-state index is 14.6. The predicted molar refractivity (Wildman–Crippen MR) is 65.8 cm³/mol. The van der Waals surface area contributed by atoms with Gasteiger partial charge in [-0.25, -0.2) is 18.3 Å². The van der Waals surface area contributed by atoms with E-state index in [2.05, 4.69) is 14.2 Å². The second-order valence-electron chi connectivity index (χ2n) is 4.45. The third-order valence-corrected chi connectivity index (χ3v) is 3.38. The Morgan fingerprint density at radius 3 is 2.77 bits per heavy atom. The monoisotopic (exact) mass is 343 g/mol. The second-order valence-corrected chi connectivity index (χ2v) is 5.69. The molecule has 0 spiro atoms. The lowest BCUT2D eigenvalue weighted by Gasteiger charge is -2.23. The topological polar surface area (TPSA) is 157 Å². The summed E-state index contributed by atoms with van der Waals surface area (Å²) < 4.78 is 47.9. The SMILES string of the molecule is Nc1ccn([C@]2(F)O[C@H](COP(=O)(O)O)[C@@H](O)[C@H]2F)c(=O)n1. The molecule has 1 aliphatic rings. The Labute approximate surface area is 121 Å². The minimum Gasteiger partial charge on any atom is -0.387 e. The molecule has 0 amide bonds. The van der Waals surface area contributed by atoms with Gasteiger partial charge >= 0.3 is 19.5 Å². The Bertz CT molecular complexity index is 667. The number of phosphoric acid groups is 1. The van der Waals surface area contributed by atoms with Gasteiger partial charge in [0.25, 0.3) is 0 Å². The number of hydrogen-bond acceptors (Lipinski definition) is 7. The fraction of sp³-hybridized carbons (Fsp3) is 0.556. The van der Waals surface area contributed by atoms with Gasteiger partial charge in [-0.2, -0.15) is 9.37 Å². The van der Waals surface area contributed by atoms with E-state index in [1.165, 1.54) is 0 Å². The van der Waals surface area contributed by atoms with Gasteiger partial charge in [0.1, 0.15) is 18.0 Å². The number of aliphatic hydroxyl groups is 1. The number of alkyl halides is 2. The van der Waals surface area contributed by atoms with Crippen LogP contribution in [0, 0.1) is 0 Å². The summed E-state index contributed by atoms with van der Waals surface area (Å²) in [6, 6.07) is 1.00. The highest BCUT2D eigenvalue weighted by Gasteiger charge is 2.59. The summed E-state index contributed by atoms with van der Waals surface area (Å²) in [5.41, 5.74) is 3.95. The molecule has 0 saturated carbocycles. The highest BCUT2D eigenvalue weighted by Crippen LogP contribution is 2.41. The third kappa shape index (κ3) is 3.16. The summed E-state index contributed by atoms with van der Waals surface area (Å²) in [5, 5.41) is 9.56. The predicted octanol–water partition coefficient (Wildman–Crippen LogP) is -1.39. The van der Waals surface area contributed by atoms with Crippen molar-refractivity contribution in [2.75, 3.05) is 12.3 Å². The number of nitrogens with zero attached hydrogens (tertiary/aromatic N) is 2. The van der Waals surface area contributed by atoms with Crippen molar-refractivity contribution in [1.29, 1.82) is 0 Å². The van der Waals surface area contributed by atoms with Crippen molar-refractivity contribution in [2.24, 2.45) is 0 Å². The number of nitrogen functional groups attached to an aromatic ring is 1. The molecule has 0 bridgehead atoms. The Hall–Kier alpha value is -1.43. The number of rotatable bonds is 4. The molecule has 124 valence electrons. The van der Waals surface area contributed by atoms with Crippen LogP contribution in [-0.2, 0) is 19.8 Å². The summed E-state index contributed by atoms with van der Waals surface area (Å²) in [7, 11) is -4.93. The van der Waals surface area contributed by atoms with Crippen molar-refractivity contribution in [3.63, 3.8) is 0 Å². The molecule has 1 saturated heterocycles. The number of aliphatic hydroxyl groups excluding tert-OH is 1. The molecule has 22 heavy (non-hydrogen) atoms. The molecule has 1 aliphatic heterocycles. The van der Waals surface area contributed by atoms with Gasteiger partial charge in [-0.1, -0.05) is 0 Å². The molecule has 1 aromatic rings. The van der Waals surface area contributed by atoms with Gasteiger partial charge < -0.3 is 25.4 Å². The van der Waals surface area contributed by atoms with Crippen LogP contribution in [-0.4, -0.2) is 49.4 Å². The quantitative estimate of drug-likeness (QED) is 0.483. The molecule has 1 aromatic heterocycles. The molecule has 2 rings (SSSR count). The van der Waals surface area contributed by atoms with Gasteiger partial charge in [-0.15, -0.1) is 0 Å². The van der Waals surface area contributed by atoms with Crippen molar-refractivity contribution < 1.29 is 37.5 Å². The molecular weight excluding hydrogens is 331 g/mol. The summed E-state index contributed by atoms with van der Waals surface area (Å²) in [4.78, 5) is 31.8. The molecular formula is C9H12F2N3O7P. The fourth-order valence-corrected chi connectivity index (χ4v) is 2.23. The molecule has 0 aromatic carbocycles. The number of nitrogens with two attached hydrogens (primary N) is 1. The van der Waals surface area contributed by atoms with Crippen LogP contribution in [0.2, 0.25) is 0 Å². The zero-order valence-corrected chi connectivity index (χ0v) is 11.6. The Kier molecular flexibility index (Phi) is 4.35. The first-order chi connectivity index (χ1) is 10.0. The number of halogens is 2. The van der Waals surface area contributed by atoms with Gasteiger partial charge in [-0.05, 0) is 6.07 Å². The Morgan fingerprint density at radius 2 is 2.23 bits per heavy atom. The number of ether oxygens (including phenoxy) is 1. The van der Waals surface area contributed by atoms with Crippen molar-refractivity contribution in [2.45, 2.75) is 24.4 Å².